The molecule has 0 aromatic rings. The normalized spacial score (nSPS) is 32.6. The second-order valence-corrected chi connectivity index (χ2v) is 6.52. The summed E-state index contributed by atoms with van der Waals surface area (Å²) in [4.78, 5) is 2.24. The Bertz CT molecular complexity index is 273. The van der Waals surface area contributed by atoms with Gasteiger partial charge in [-0.3, -0.25) is 4.90 Å². The number of likely N-dealkylation sites (tertiary alicyclic amines) is 1. The van der Waals surface area contributed by atoms with Crippen LogP contribution in [0, 0.1) is 0 Å². The van der Waals surface area contributed by atoms with Crippen LogP contribution in [0.3, 0.4) is 0 Å². The standard InChI is InChI=1S/C7H12ClNO2S/c8-12(10,11)7-3-4-9(5-7)6-1-2-6/h6-7H,1-5H2. The lowest BCUT2D eigenvalue weighted by Crippen LogP contribution is -2.26. The number of hydrogen-bond donors (Lipinski definition) is 0. The van der Waals surface area contributed by atoms with E-state index in [2.05, 4.69) is 4.90 Å². The summed E-state index contributed by atoms with van der Waals surface area (Å²) in [5.74, 6) is 0. The van der Waals surface area contributed by atoms with Crippen LogP contribution in [0.2, 0.25) is 0 Å². The first-order valence-corrected chi connectivity index (χ1v) is 6.62. The first kappa shape index (κ1) is 8.78. The third kappa shape index (κ3) is 1.75. The number of rotatable bonds is 2. The predicted octanol–water partition coefficient (Wildman–Crippen LogP) is 0.792. The van der Waals surface area contributed by atoms with E-state index < -0.39 is 9.05 Å². The molecule has 3 nitrogen and oxygen atoms in total. The smallest absolute Gasteiger partial charge is 0.236 e. The lowest BCUT2D eigenvalue weighted by atomic mass is 10.4. The highest BCUT2D eigenvalue weighted by molar-refractivity contribution is 8.14. The van der Waals surface area contributed by atoms with Gasteiger partial charge < -0.3 is 0 Å². The van der Waals surface area contributed by atoms with Crippen LogP contribution in [0.1, 0.15) is 19.3 Å². The van der Waals surface area contributed by atoms with Gasteiger partial charge in [0, 0.05) is 23.3 Å². The van der Waals surface area contributed by atoms with Gasteiger partial charge in [0.05, 0.1) is 5.25 Å². The monoisotopic (exact) mass is 209 g/mol. The van der Waals surface area contributed by atoms with Gasteiger partial charge in [0.2, 0.25) is 9.05 Å². The summed E-state index contributed by atoms with van der Waals surface area (Å²) in [5.41, 5.74) is 0. The average molecular weight is 210 g/mol. The Labute approximate surface area is 77.1 Å². The van der Waals surface area contributed by atoms with Crippen LogP contribution in [0.4, 0.5) is 0 Å². The molecule has 70 valence electrons. The molecular formula is C7H12ClNO2S. The third-order valence-corrected chi connectivity index (χ3v) is 4.57. The zero-order chi connectivity index (χ0) is 8.77. The molecule has 0 amide bonds. The van der Waals surface area contributed by atoms with Crippen LogP contribution in [0.25, 0.3) is 0 Å². The first-order valence-electron chi connectivity index (χ1n) is 4.25. The van der Waals surface area contributed by atoms with Crippen molar-refractivity contribution >= 4 is 19.7 Å². The maximum absolute atomic E-state index is 11.0. The summed E-state index contributed by atoms with van der Waals surface area (Å²) in [6, 6.07) is 0.661. The van der Waals surface area contributed by atoms with Gasteiger partial charge in [-0.1, -0.05) is 0 Å². The maximum Gasteiger partial charge on any atom is 0.236 e. The molecule has 1 saturated carbocycles. The van der Waals surface area contributed by atoms with Gasteiger partial charge in [-0.2, -0.15) is 0 Å². The second-order valence-electron chi connectivity index (χ2n) is 3.61. The van der Waals surface area contributed by atoms with E-state index in [0.29, 0.717) is 19.0 Å². The zero-order valence-electron chi connectivity index (χ0n) is 6.74. The highest BCUT2D eigenvalue weighted by Crippen LogP contribution is 2.32. The third-order valence-electron chi connectivity index (χ3n) is 2.64. The molecule has 0 N–H and O–H groups in total. The fraction of sp³-hybridized carbons (Fsp3) is 1.00. The van der Waals surface area contributed by atoms with E-state index in [9.17, 15) is 8.42 Å². The molecule has 0 radical (unpaired) electrons. The van der Waals surface area contributed by atoms with Crippen molar-refractivity contribution in [1.29, 1.82) is 0 Å². The molecule has 1 aliphatic heterocycles. The van der Waals surface area contributed by atoms with Crippen LogP contribution in [-0.4, -0.2) is 37.7 Å². The summed E-state index contributed by atoms with van der Waals surface area (Å²) in [7, 11) is 1.96. The van der Waals surface area contributed by atoms with Gasteiger partial charge in [0.1, 0.15) is 0 Å². The molecule has 2 rings (SSSR count). The van der Waals surface area contributed by atoms with E-state index in [1.54, 1.807) is 0 Å². The van der Waals surface area contributed by atoms with Crippen LogP contribution in [0.5, 0.6) is 0 Å². The lowest BCUT2D eigenvalue weighted by molar-refractivity contribution is 0.329. The van der Waals surface area contributed by atoms with Crippen molar-refractivity contribution in [3.63, 3.8) is 0 Å². The van der Waals surface area contributed by atoms with Gasteiger partial charge in [-0.15, -0.1) is 0 Å². The number of halogens is 1. The summed E-state index contributed by atoms with van der Waals surface area (Å²) < 4.78 is 21.9. The Balaban J connectivity index is 1.97. The summed E-state index contributed by atoms with van der Waals surface area (Å²) >= 11 is 0. The highest BCUT2D eigenvalue weighted by Gasteiger charge is 2.38. The molecule has 2 aliphatic rings. The minimum Gasteiger partial charge on any atom is -0.299 e. The quantitative estimate of drug-likeness (QED) is 0.632. The van der Waals surface area contributed by atoms with E-state index in [4.69, 9.17) is 10.7 Å². The Morgan fingerprint density at radius 3 is 2.33 bits per heavy atom. The topological polar surface area (TPSA) is 37.4 Å². The van der Waals surface area contributed by atoms with Crippen molar-refractivity contribution in [3.05, 3.63) is 0 Å². The van der Waals surface area contributed by atoms with Crippen LogP contribution < -0.4 is 0 Å². The number of hydrogen-bond acceptors (Lipinski definition) is 3. The molecule has 0 aromatic heterocycles. The van der Waals surface area contributed by atoms with Crippen molar-refractivity contribution in [1.82, 2.24) is 4.90 Å². The van der Waals surface area contributed by atoms with Crippen LogP contribution >= 0.6 is 10.7 Å². The van der Waals surface area contributed by atoms with Gasteiger partial charge in [0.25, 0.3) is 0 Å². The average Bonchev–Trinajstić information content (AvgIpc) is 2.66. The summed E-state index contributed by atoms with van der Waals surface area (Å²) in [6.45, 7) is 1.55. The molecule has 5 heteroatoms. The molecule has 0 aromatic carbocycles. The van der Waals surface area contributed by atoms with Crippen molar-refractivity contribution in [2.24, 2.45) is 0 Å². The van der Waals surface area contributed by atoms with E-state index in [1.807, 2.05) is 0 Å². The molecule has 12 heavy (non-hydrogen) atoms. The molecule has 1 atom stereocenters. The minimum absolute atomic E-state index is 0.320. The molecular weight excluding hydrogens is 198 g/mol. The van der Waals surface area contributed by atoms with Crippen LogP contribution in [0.15, 0.2) is 0 Å². The second kappa shape index (κ2) is 2.86. The van der Waals surface area contributed by atoms with Crippen molar-refractivity contribution in [2.45, 2.75) is 30.6 Å². The lowest BCUT2D eigenvalue weighted by Gasteiger charge is -2.12. The summed E-state index contributed by atoms with van der Waals surface area (Å²) in [6.07, 6.45) is 3.17. The minimum atomic E-state index is -3.31. The number of nitrogens with zero attached hydrogens (tertiary/aromatic N) is 1. The van der Waals surface area contributed by atoms with Crippen molar-refractivity contribution in [3.8, 4) is 0 Å². The Morgan fingerprint density at radius 1 is 1.25 bits per heavy atom. The molecule has 2 fully saturated rings. The van der Waals surface area contributed by atoms with Gasteiger partial charge >= 0.3 is 0 Å². The predicted molar refractivity (Wildman–Crippen MR) is 47.8 cm³/mol. The Morgan fingerprint density at radius 2 is 1.92 bits per heavy atom. The van der Waals surface area contributed by atoms with Gasteiger partial charge in [-0.25, -0.2) is 8.42 Å². The molecule has 0 spiro atoms. The van der Waals surface area contributed by atoms with Gasteiger partial charge in [0.15, 0.2) is 0 Å². The van der Waals surface area contributed by atoms with E-state index >= 15 is 0 Å². The SMILES string of the molecule is O=S(=O)(Cl)C1CCN(C2CC2)C1. The van der Waals surface area contributed by atoms with Gasteiger partial charge in [-0.05, 0) is 25.8 Å². The molecule has 1 aliphatic carbocycles. The van der Waals surface area contributed by atoms with E-state index in [0.717, 1.165) is 6.54 Å². The maximum atomic E-state index is 11.0. The Hall–Kier alpha value is 0.200. The Kier molecular flexibility index (Phi) is 2.09. The van der Waals surface area contributed by atoms with Crippen molar-refractivity contribution < 1.29 is 8.42 Å². The van der Waals surface area contributed by atoms with Crippen molar-refractivity contribution in [2.75, 3.05) is 13.1 Å². The highest BCUT2D eigenvalue weighted by atomic mass is 35.7. The fourth-order valence-corrected chi connectivity index (χ4v) is 2.95. The van der Waals surface area contributed by atoms with Crippen LogP contribution in [-0.2, 0) is 9.05 Å². The zero-order valence-corrected chi connectivity index (χ0v) is 8.31. The molecule has 0 bridgehead atoms. The largest absolute Gasteiger partial charge is 0.299 e. The van der Waals surface area contributed by atoms with E-state index in [1.165, 1.54) is 12.8 Å². The molecule has 1 unspecified atom stereocenters. The molecule has 1 saturated heterocycles. The van der Waals surface area contributed by atoms with E-state index in [-0.39, 0.29) is 5.25 Å². The fourth-order valence-electron chi connectivity index (χ4n) is 1.76. The summed E-state index contributed by atoms with van der Waals surface area (Å²) in [5, 5.41) is -0.320. The molecule has 1 heterocycles. The first-order chi connectivity index (χ1) is 5.57.